The summed E-state index contributed by atoms with van der Waals surface area (Å²) in [5.41, 5.74) is 2.23. The quantitative estimate of drug-likeness (QED) is 0.471. The fourth-order valence-corrected chi connectivity index (χ4v) is 6.56. The Morgan fingerprint density at radius 2 is 1.88 bits per heavy atom. The van der Waals surface area contributed by atoms with Crippen molar-refractivity contribution >= 4 is 39.3 Å². The lowest BCUT2D eigenvalue weighted by molar-refractivity contribution is -0.125. The van der Waals surface area contributed by atoms with Crippen LogP contribution in [0.1, 0.15) is 30.4 Å². The number of amides is 1. The van der Waals surface area contributed by atoms with Crippen LogP contribution in [0.25, 0.3) is 0 Å². The number of carbonyl (C=O) groups is 1. The van der Waals surface area contributed by atoms with E-state index in [0.717, 1.165) is 46.9 Å². The summed E-state index contributed by atoms with van der Waals surface area (Å²) >= 11 is 7.88. The Balaban J connectivity index is 1.38. The molecule has 3 rings (SSSR count). The third-order valence-corrected chi connectivity index (χ3v) is 8.92. The maximum Gasteiger partial charge on any atom is 0.224 e. The normalized spacial score (nSPS) is 17.2. The average Bonchev–Trinajstić information content (AvgIpc) is 2.80. The summed E-state index contributed by atoms with van der Waals surface area (Å²) in [6.07, 6.45) is 2.78. The minimum atomic E-state index is -3.35. The summed E-state index contributed by atoms with van der Waals surface area (Å²) < 4.78 is 27.1. The zero-order valence-electron chi connectivity index (χ0n) is 18.2. The Kier molecular flexibility index (Phi) is 9.91. The number of thioether (sulfide) groups is 1. The van der Waals surface area contributed by atoms with Gasteiger partial charge in [-0.1, -0.05) is 60.1 Å². The van der Waals surface area contributed by atoms with Crippen molar-refractivity contribution in [2.75, 3.05) is 31.1 Å². The van der Waals surface area contributed by atoms with E-state index in [1.807, 2.05) is 54.6 Å². The number of aryl methyl sites for hydroxylation is 1. The molecule has 1 atom stereocenters. The number of nitrogens with zero attached hydrogens (tertiary/aromatic N) is 1. The summed E-state index contributed by atoms with van der Waals surface area (Å²) in [7, 11) is -3.35. The van der Waals surface area contributed by atoms with Gasteiger partial charge in [0.15, 0.2) is 0 Å². The standard InChI is InChI=1S/C24H31ClN2O3S2/c25-23-13-5-4-11-22(23)19-31-16-14-26-24(28)21-12-6-15-27(18-21)32(29,30)17-7-10-20-8-2-1-3-9-20/h1-5,8-9,11,13,21H,6-7,10,12,14-19H2,(H,26,28)/t21-/m1/s1. The molecule has 1 N–H and O–H groups in total. The molecule has 0 aliphatic carbocycles. The van der Waals surface area contributed by atoms with E-state index in [1.54, 1.807) is 11.8 Å². The first kappa shape index (κ1) is 25.1. The fraction of sp³-hybridized carbons (Fsp3) is 0.458. The van der Waals surface area contributed by atoms with Gasteiger partial charge in [-0.3, -0.25) is 4.79 Å². The molecule has 2 aromatic carbocycles. The number of sulfonamides is 1. The maximum atomic E-state index is 12.8. The second-order valence-corrected chi connectivity index (χ2v) is 11.6. The predicted molar refractivity (Wildman–Crippen MR) is 133 cm³/mol. The van der Waals surface area contributed by atoms with E-state index in [0.29, 0.717) is 19.5 Å². The van der Waals surface area contributed by atoms with E-state index in [1.165, 1.54) is 4.31 Å². The van der Waals surface area contributed by atoms with Crippen LogP contribution in [0.4, 0.5) is 0 Å². The van der Waals surface area contributed by atoms with Crippen LogP contribution in [0.15, 0.2) is 54.6 Å². The van der Waals surface area contributed by atoms with Crippen molar-refractivity contribution in [3.63, 3.8) is 0 Å². The molecule has 2 aromatic rings. The first-order chi connectivity index (χ1) is 15.5. The Bertz CT molecular complexity index is 970. The first-order valence-electron chi connectivity index (χ1n) is 11.1. The van der Waals surface area contributed by atoms with Gasteiger partial charge in [0.25, 0.3) is 0 Å². The average molecular weight is 495 g/mol. The Morgan fingerprint density at radius 1 is 1.12 bits per heavy atom. The number of piperidine rings is 1. The molecule has 1 saturated heterocycles. The van der Waals surface area contributed by atoms with Gasteiger partial charge in [0, 0.05) is 36.2 Å². The Morgan fingerprint density at radius 3 is 2.66 bits per heavy atom. The first-order valence-corrected chi connectivity index (χ1v) is 14.2. The molecule has 1 fully saturated rings. The SMILES string of the molecule is O=C(NCCSCc1ccccc1Cl)[C@@H]1CCCN(S(=O)(=O)CCCc2ccccc2)C1. The lowest BCUT2D eigenvalue weighted by atomic mass is 9.99. The van der Waals surface area contributed by atoms with Gasteiger partial charge in [-0.25, -0.2) is 12.7 Å². The highest BCUT2D eigenvalue weighted by atomic mass is 35.5. The molecule has 8 heteroatoms. The largest absolute Gasteiger partial charge is 0.355 e. The number of benzene rings is 2. The van der Waals surface area contributed by atoms with Gasteiger partial charge in [0.1, 0.15) is 0 Å². The molecule has 0 saturated carbocycles. The molecule has 1 amide bonds. The topological polar surface area (TPSA) is 66.5 Å². The lowest BCUT2D eigenvalue weighted by Gasteiger charge is -2.31. The number of hydrogen-bond donors (Lipinski definition) is 1. The fourth-order valence-electron chi connectivity index (χ4n) is 3.83. The van der Waals surface area contributed by atoms with Crippen LogP contribution in [0.3, 0.4) is 0 Å². The van der Waals surface area contributed by atoms with Gasteiger partial charge >= 0.3 is 0 Å². The monoisotopic (exact) mass is 494 g/mol. The van der Waals surface area contributed by atoms with Crippen molar-refractivity contribution in [3.05, 3.63) is 70.7 Å². The van der Waals surface area contributed by atoms with Gasteiger partial charge < -0.3 is 5.32 Å². The summed E-state index contributed by atoms with van der Waals surface area (Å²) in [5.74, 6) is 1.38. The second kappa shape index (κ2) is 12.6. The van der Waals surface area contributed by atoms with Crippen molar-refractivity contribution in [1.29, 1.82) is 0 Å². The molecule has 0 spiro atoms. The predicted octanol–water partition coefficient (Wildman–Crippen LogP) is 4.36. The van der Waals surface area contributed by atoms with Crippen LogP contribution in [0, 0.1) is 5.92 Å². The summed E-state index contributed by atoms with van der Waals surface area (Å²) in [6, 6.07) is 17.7. The summed E-state index contributed by atoms with van der Waals surface area (Å²) in [4.78, 5) is 12.6. The zero-order valence-corrected chi connectivity index (χ0v) is 20.6. The van der Waals surface area contributed by atoms with E-state index in [4.69, 9.17) is 11.6 Å². The molecule has 5 nitrogen and oxygen atoms in total. The number of hydrogen-bond acceptors (Lipinski definition) is 4. The third-order valence-electron chi connectivity index (χ3n) is 5.62. The molecule has 32 heavy (non-hydrogen) atoms. The van der Waals surface area contributed by atoms with Crippen molar-refractivity contribution < 1.29 is 13.2 Å². The molecule has 0 radical (unpaired) electrons. The van der Waals surface area contributed by atoms with Crippen LogP contribution in [0.2, 0.25) is 5.02 Å². The van der Waals surface area contributed by atoms with E-state index in [2.05, 4.69) is 5.32 Å². The van der Waals surface area contributed by atoms with Crippen molar-refractivity contribution in [2.24, 2.45) is 5.92 Å². The smallest absolute Gasteiger partial charge is 0.224 e. The van der Waals surface area contributed by atoms with Crippen molar-refractivity contribution in [3.8, 4) is 0 Å². The van der Waals surface area contributed by atoms with Crippen LogP contribution in [0.5, 0.6) is 0 Å². The number of nitrogens with one attached hydrogen (secondary N) is 1. The summed E-state index contributed by atoms with van der Waals surface area (Å²) in [5, 5.41) is 3.74. The number of halogens is 1. The molecule has 1 heterocycles. The highest BCUT2D eigenvalue weighted by molar-refractivity contribution is 7.98. The minimum Gasteiger partial charge on any atom is -0.355 e. The van der Waals surface area contributed by atoms with Crippen LogP contribution < -0.4 is 5.32 Å². The van der Waals surface area contributed by atoms with Crippen LogP contribution in [-0.4, -0.2) is 49.8 Å². The Hall–Kier alpha value is -1.54. The molecule has 0 aromatic heterocycles. The molecular formula is C24H31ClN2O3S2. The second-order valence-electron chi connectivity index (χ2n) is 8.04. The molecule has 0 unspecified atom stereocenters. The number of carbonyl (C=O) groups excluding carboxylic acids is 1. The Labute approximate surface area is 201 Å². The molecule has 1 aliphatic heterocycles. The zero-order chi connectivity index (χ0) is 22.8. The van der Waals surface area contributed by atoms with E-state index in [9.17, 15) is 13.2 Å². The maximum absolute atomic E-state index is 12.8. The minimum absolute atomic E-state index is 0.0486. The highest BCUT2D eigenvalue weighted by Gasteiger charge is 2.31. The van der Waals surface area contributed by atoms with Crippen molar-refractivity contribution in [1.82, 2.24) is 9.62 Å². The van der Waals surface area contributed by atoms with E-state index in [-0.39, 0.29) is 24.1 Å². The summed E-state index contributed by atoms with van der Waals surface area (Å²) in [6.45, 7) is 1.35. The van der Waals surface area contributed by atoms with Gasteiger partial charge in [-0.15, -0.1) is 0 Å². The molecule has 174 valence electrons. The number of rotatable bonds is 11. The van der Waals surface area contributed by atoms with Crippen molar-refractivity contribution in [2.45, 2.75) is 31.4 Å². The van der Waals surface area contributed by atoms with E-state index < -0.39 is 10.0 Å². The van der Waals surface area contributed by atoms with Crippen LogP contribution in [-0.2, 0) is 27.0 Å². The molecular weight excluding hydrogens is 464 g/mol. The van der Waals surface area contributed by atoms with Gasteiger partial charge in [0.05, 0.1) is 11.7 Å². The van der Waals surface area contributed by atoms with Gasteiger partial charge in [-0.2, -0.15) is 11.8 Å². The van der Waals surface area contributed by atoms with Gasteiger partial charge in [0.2, 0.25) is 15.9 Å². The van der Waals surface area contributed by atoms with E-state index >= 15 is 0 Å². The van der Waals surface area contributed by atoms with Crippen LogP contribution >= 0.6 is 23.4 Å². The highest BCUT2D eigenvalue weighted by Crippen LogP contribution is 2.22. The third kappa shape index (κ3) is 7.80. The molecule has 0 bridgehead atoms. The lowest BCUT2D eigenvalue weighted by Crippen LogP contribution is -2.46. The van der Waals surface area contributed by atoms with Gasteiger partial charge in [-0.05, 0) is 42.9 Å². The molecule has 1 aliphatic rings.